The van der Waals surface area contributed by atoms with Crippen LogP contribution in [0.3, 0.4) is 0 Å². The fourth-order valence-corrected chi connectivity index (χ4v) is 5.55. The van der Waals surface area contributed by atoms with Crippen LogP contribution in [0.4, 0.5) is 13.2 Å². The van der Waals surface area contributed by atoms with E-state index >= 15 is 0 Å². The van der Waals surface area contributed by atoms with Crippen molar-refractivity contribution in [3.05, 3.63) is 70.8 Å². The summed E-state index contributed by atoms with van der Waals surface area (Å²) in [5, 5.41) is 7.99. The van der Waals surface area contributed by atoms with Gasteiger partial charge in [0, 0.05) is 22.2 Å². The lowest BCUT2D eigenvalue weighted by atomic mass is 9.84. The number of halogens is 3. The van der Waals surface area contributed by atoms with E-state index in [4.69, 9.17) is 14.8 Å². The minimum Gasteiger partial charge on any atom is -0.355 e. The SMILES string of the molecule is CC1(N)CCC(c2ccc3c(c2)CCc2c-3noc2-c2noc(-c3ccccc3)c2C(F)(F)F)C1. The maximum atomic E-state index is 14.2. The number of nitrogens with zero attached hydrogens (tertiary/aromatic N) is 2. The number of alkyl halides is 3. The van der Waals surface area contributed by atoms with Gasteiger partial charge in [0.05, 0.1) is 0 Å². The maximum absolute atomic E-state index is 14.2. The molecule has 1 fully saturated rings. The molecule has 8 heteroatoms. The van der Waals surface area contributed by atoms with Gasteiger partial charge in [0.25, 0.3) is 0 Å². The molecule has 5 nitrogen and oxygen atoms in total. The van der Waals surface area contributed by atoms with E-state index in [2.05, 4.69) is 29.4 Å². The molecule has 0 saturated heterocycles. The van der Waals surface area contributed by atoms with Gasteiger partial charge in [-0.25, -0.2) is 0 Å². The predicted molar refractivity (Wildman–Crippen MR) is 124 cm³/mol. The number of hydrogen-bond acceptors (Lipinski definition) is 5. The van der Waals surface area contributed by atoms with Crippen LogP contribution in [0.15, 0.2) is 57.6 Å². The Bertz CT molecular complexity index is 1400. The van der Waals surface area contributed by atoms with Crippen molar-refractivity contribution in [3.63, 3.8) is 0 Å². The van der Waals surface area contributed by atoms with Gasteiger partial charge < -0.3 is 14.8 Å². The summed E-state index contributed by atoms with van der Waals surface area (Å²) in [7, 11) is 0. The summed E-state index contributed by atoms with van der Waals surface area (Å²) in [6, 6.07) is 14.4. The minimum absolute atomic E-state index is 0.0164. The zero-order chi connectivity index (χ0) is 24.4. The molecule has 2 unspecified atom stereocenters. The van der Waals surface area contributed by atoms with E-state index in [0.29, 0.717) is 35.6 Å². The number of aryl methyl sites for hydroxylation is 1. The summed E-state index contributed by atoms with van der Waals surface area (Å²) >= 11 is 0. The molecule has 2 atom stereocenters. The van der Waals surface area contributed by atoms with Crippen molar-refractivity contribution in [2.24, 2.45) is 5.73 Å². The van der Waals surface area contributed by atoms with Crippen molar-refractivity contribution in [3.8, 4) is 34.0 Å². The van der Waals surface area contributed by atoms with E-state index in [0.717, 1.165) is 30.4 Å². The van der Waals surface area contributed by atoms with Gasteiger partial charge in [-0.15, -0.1) is 0 Å². The van der Waals surface area contributed by atoms with Crippen LogP contribution in [0.25, 0.3) is 34.0 Å². The molecule has 35 heavy (non-hydrogen) atoms. The zero-order valence-corrected chi connectivity index (χ0v) is 19.2. The van der Waals surface area contributed by atoms with Gasteiger partial charge in [0.1, 0.15) is 11.3 Å². The Labute approximate surface area is 200 Å². The molecule has 0 bridgehead atoms. The van der Waals surface area contributed by atoms with Crippen molar-refractivity contribution >= 4 is 0 Å². The van der Waals surface area contributed by atoms with Crippen LogP contribution >= 0.6 is 0 Å². The summed E-state index contributed by atoms with van der Waals surface area (Å²) < 4.78 is 53.2. The summed E-state index contributed by atoms with van der Waals surface area (Å²) in [4.78, 5) is 0. The van der Waals surface area contributed by atoms with Crippen LogP contribution in [-0.4, -0.2) is 15.9 Å². The van der Waals surface area contributed by atoms with E-state index in [1.54, 1.807) is 30.3 Å². The first-order valence-corrected chi connectivity index (χ1v) is 11.7. The molecule has 0 radical (unpaired) electrons. The van der Waals surface area contributed by atoms with Gasteiger partial charge >= 0.3 is 6.18 Å². The van der Waals surface area contributed by atoms with E-state index in [9.17, 15) is 13.2 Å². The number of aromatic nitrogens is 2. The second-order valence-corrected chi connectivity index (χ2v) is 9.95. The lowest BCUT2D eigenvalue weighted by Gasteiger charge is -2.20. The van der Waals surface area contributed by atoms with Gasteiger partial charge in [-0.05, 0) is 56.1 Å². The number of hydrogen-bond donors (Lipinski definition) is 1. The second-order valence-electron chi connectivity index (χ2n) is 9.95. The van der Waals surface area contributed by atoms with Gasteiger partial charge in [0.2, 0.25) is 0 Å². The Hall–Kier alpha value is -3.39. The minimum atomic E-state index is -4.68. The molecule has 4 aromatic rings. The number of rotatable bonds is 3. The monoisotopic (exact) mass is 479 g/mol. The van der Waals surface area contributed by atoms with E-state index < -0.39 is 11.7 Å². The third kappa shape index (κ3) is 3.76. The Balaban J connectivity index is 1.40. The standard InChI is InChI=1S/C27H24F3N3O2/c1-26(31)12-11-18(14-26)16-7-9-19-17(13-16)8-10-20-22(19)32-35-25(20)23-21(27(28,29)30)24(34-33-23)15-5-3-2-4-6-15/h2-7,9,13,18H,8,10-12,14,31H2,1H3. The molecule has 2 aromatic heterocycles. The smallest absolute Gasteiger partial charge is 0.355 e. The predicted octanol–water partition coefficient (Wildman–Crippen LogP) is 6.77. The van der Waals surface area contributed by atoms with E-state index in [1.807, 2.05) is 6.07 Å². The number of benzene rings is 2. The highest BCUT2D eigenvalue weighted by molar-refractivity contribution is 5.79. The number of nitrogens with two attached hydrogens (primary N) is 1. The molecular formula is C27H24F3N3O2. The zero-order valence-electron chi connectivity index (χ0n) is 19.2. The van der Waals surface area contributed by atoms with Crippen LogP contribution in [-0.2, 0) is 19.0 Å². The third-order valence-corrected chi connectivity index (χ3v) is 7.29. The lowest BCUT2D eigenvalue weighted by molar-refractivity contribution is -0.136. The van der Waals surface area contributed by atoms with Gasteiger partial charge in [0.15, 0.2) is 17.2 Å². The van der Waals surface area contributed by atoms with Crippen molar-refractivity contribution < 1.29 is 22.2 Å². The molecule has 2 aliphatic rings. The molecule has 180 valence electrons. The normalized spacial score (nSPS) is 21.7. The van der Waals surface area contributed by atoms with Crippen LogP contribution in [0.2, 0.25) is 0 Å². The third-order valence-electron chi connectivity index (χ3n) is 7.29. The average molecular weight is 480 g/mol. The van der Waals surface area contributed by atoms with Crippen molar-refractivity contribution in [2.75, 3.05) is 0 Å². The molecule has 0 spiro atoms. The Kier molecular flexibility index (Phi) is 4.93. The Morgan fingerprint density at radius 2 is 1.71 bits per heavy atom. The first kappa shape index (κ1) is 22.1. The van der Waals surface area contributed by atoms with Crippen LogP contribution in [0.1, 0.15) is 54.4 Å². The maximum Gasteiger partial charge on any atom is 0.422 e. The lowest BCUT2D eigenvalue weighted by Crippen LogP contribution is -2.32. The fourth-order valence-electron chi connectivity index (χ4n) is 5.55. The summed E-state index contributed by atoms with van der Waals surface area (Å²) in [6.45, 7) is 2.09. The second kappa shape index (κ2) is 7.81. The fraction of sp³-hybridized carbons (Fsp3) is 0.333. The first-order chi connectivity index (χ1) is 16.7. The molecule has 6 rings (SSSR count). The van der Waals surface area contributed by atoms with Gasteiger partial charge in [-0.1, -0.05) is 58.8 Å². The average Bonchev–Trinajstić information content (AvgIpc) is 3.54. The Morgan fingerprint density at radius 3 is 2.43 bits per heavy atom. The molecular weight excluding hydrogens is 455 g/mol. The van der Waals surface area contributed by atoms with Crippen molar-refractivity contribution in [1.29, 1.82) is 0 Å². The van der Waals surface area contributed by atoms with E-state index in [1.165, 1.54) is 5.56 Å². The summed E-state index contributed by atoms with van der Waals surface area (Å²) in [6.07, 6.45) is -0.491. The van der Waals surface area contributed by atoms with Crippen LogP contribution in [0.5, 0.6) is 0 Å². The number of fused-ring (bicyclic) bond motifs is 3. The quantitative estimate of drug-likeness (QED) is 0.351. The Morgan fingerprint density at radius 1 is 0.971 bits per heavy atom. The molecule has 2 aromatic carbocycles. The van der Waals surface area contributed by atoms with Gasteiger partial charge in [-0.3, -0.25) is 0 Å². The molecule has 2 aliphatic carbocycles. The van der Waals surface area contributed by atoms with Gasteiger partial charge in [-0.2, -0.15) is 13.2 Å². The first-order valence-electron chi connectivity index (χ1n) is 11.7. The topological polar surface area (TPSA) is 78.1 Å². The molecule has 2 N–H and O–H groups in total. The highest BCUT2D eigenvalue weighted by atomic mass is 19.4. The molecule has 1 saturated carbocycles. The van der Waals surface area contributed by atoms with Crippen LogP contribution < -0.4 is 5.73 Å². The highest BCUT2D eigenvalue weighted by Gasteiger charge is 2.43. The van der Waals surface area contributed by atoms with Crippen LogP contribution in [0, 0.1) is 0 Å². The molecule has 2 heterocycles. The highest BCUT2D eigenvalue weighted by Crippen LogP contribution is 2.47. The van der Waals surface area contributed by atoms with Crippen molar-refractivity contribution in [1.82, 2.24) is 10.3 Å². The summed E-state index contributed by atoms with van der Waals surface area (Å²) in [5.41, 5.74) is 9.64. The molecule has 0 amide bonds. The molecule has 0 aliphatic heterocycles. The van der Waals surface area contributed by atoms with Crippen molar-refractivity contribution in [2.45, 2.75) is 56.7 Å². The van der Waals surface area contributed by atoms with E-state index in [-0.39, 0.29) is 22.8 Å². The summed E-state index contributed by atoms with van der Waals surface area (Å²) in [5.74, 6) is 0.107. The largest absolute Gasteiger partial charge is 0.422 e.